The van der Waals surface area contributed by atoms with Gasteiger partial charge in [-0.3, -0.25) is 0 Å². The molecular formula is C17H25N3O4. The molecule has 24 heavy (non-hydrogen) atoms. The highest BCUT2D eigenvalue weighted by molar-refractivity contribution is 5.70. The van der Waals surface area contributed by atoms with Gasteiger partial charge in [0.25, 0.3) is 0 Å². The molecule has 0 aliphatic heterocycles. The number of ether oxygens (including phenoxy) is 3. The molecule has 1 atom stereocenters. The van der Waals surface area contributed by atoms with Crippen molar-refractivity contribution in [3.05, 3.63) is 40.3 Å². The van der Waals surface area contributed by atoms with Crippen LogP contribution in [0.1, 0.15) is 33.3 Å². The summed E-state index contributed by atoms with van der Waals surface area (Å²) in [5.41, 5.74) is 9.41. The third-order valence-corrected chi connectivity index (χ3v) is 2.87. The number of hydrogen-bond acceptors (Lipinski definition) is 5. The third kappa shape index (κ3) is 8.41. The Morgan fingerprint density at radius 1 is 1.29 bits per heavy atom. The standard InChI is InChI=1S/C17H25N3O4/c1-5-23-16(21)12-22-11-14(19-20-18)10-13-6-8-15(9-7-13)24-17(2,3)4/h6-9,14H,5,10-12H2,1-4H3/t14-/m0/s1. The van der Waals surface area contributed by atoms with Gasteiger partial charge in [0.15, 0.2) is 0 Å². The van der Waals surface area contributed by atoms with E-state index in [2.05, 4.69) is 10.0 Å². The zero-order valence-electron chi connectivity index (χ0n) is 14.7. The number of nitrogens with zero attached hydrogens (tertiary/aromatic N) is 3. The van der Waals surface area contributed by atoms with E-state index in [-0.39, 0.29) is 24.9 Å². The van der Waals surface area contributed by atoms with Gasteiger partial charge >= 0.3 is 5.97 Å². The van der Waals surface area contributed by atoms with Crippen molar-refractivity contribution in [3.8, 4) is 5.75 Å². The molecule has 0 amide bonds. The van der Waals surface area contributed by atoms with Gasteiger partial charge in [0.2, 0.25) is 0 Å². The summed E-state index contributed by atoms with van der Waals surface area (Å²) in [6, 6.07) is 7.22. The van der Waals surface area contributed by atoms with Crippen LogP contribution in [-0.2, 0) is 20.7 Å². The Labute approximate surface area is 142 Å². The van der Waals surface area contributed by atoms with E-state index in [1.54, 1.807) is 6.92 Å². The number of azide groups is 1. The second kappa shape index (κ2) is 9.80. The lowest BCUT2D eigenvalue weighted by Gasteiger charge is -2.21. The van der Waals surface area contributed by atoms with E-state index in [4.69, 9.17) is 19.7 Å². The van der Waals surface area contributed by atoms with Crippen molar-refractivity contribution in [1.82, 2.24) is 0 Å². The molecule has 0 saturated heterocycles. The molecule has 132 valence electrons. The second-order valence-corrected chi connectivity index (χ2v) is 6.24. The van der Waals surface area contributed by atoms with Crippen LogP contribution in [0, 0.1) is 0 Å². The summed E-state index contributed by atoms with van der Waals surface area (Å²) in [6.07, 6.45) is 0.517. The summed E-state index contributed by atoms with van der Waals surface area (Å²) in [7, 11) is 0. The fourth-order valence-corrected chi connectivity index (χ4v) is 2.01. The van der Waals surface area contributed by atoms with E-state index in [0.717, 1.165) is 11.3 Å². The minimum atomic E-state index is -0.430. The largest absolute Gasteiger partial charge is 0.488 e. The van der Waals surface area contributed by atoms with Gasteiger partial charge in [-0.2, -0.15) is 0 Å². The minimum Gasteiger partial charge on any atom is -0.488 e. The van der Waals surface area contributed by atoms with Gasteiger partial charge in [-0.25, -0.2) is 4.79 Å². The fourth-order valence-electron chi connectivity index (χ4n) is 2.01. The van der Waals surface area contributed by atoms with Crippen molar-refractivity contribution in [1.29, 1.82) is 0 Å². The summed E-state index contributed by atoms with van der Waals surface area (Å²) < 4.78 is 15.8. The van der Waals surface area contributed by atoms with Crippen LogP contribution >= 0.6 is 0 Å². The van der Waals surface area contributed by atoms with Crippen molar-refractivity contribution < 1.29 is 19.0 Å². The van der Waals surface area contributed by atoms with E-state index in [9.17, 15) is 4.79 Å². The molecule has 0 spiro atoms. The van der Waals surface area contributed by atoms with Crippen LogP contribution in [0.5, 0.6) is 5.75 Å². The molecule has 0 aromatic heterocycles. The predicted molar refractivity (Wildman–Crippen MR) is 90.9 cm³/mol. The molecule has 1 aromatic carbocycles. The molecule has 0 fully saturated rings. The highest BCUT2D eigenvalue weighted by Crippen LogP contribution is 2.19. The lowest BCUT2D eigenvalue weighted by atomic mass is 10.1. The predicted octanol–water partition coefficient (Wildman–Crippen LogP) is 3.67. The average Bonchev–Trinajstić information content (AvgIpc) is 2.48. The summed E-state index contributed by atoms with van der Waals surface area (Å²) in [6.45, 7) is 8.00. The Balaban J connectivity index is 2.55. The van der Waals surface area contributed by atoms with Gasteiger partial charge < -0.3 is 14.2 Å². The Bertz CT molecular complexity index is 560. The van der Waals surface area contributed by atoms with Gasteiger partial charge in [0.1, 0.15) is 18.0 Å². The molecule has 0 aliphatic carbocycles. The molecule has 0 bridgehead atoms. The number of benzene rings is 1. The van der Waals surface area contributed by atoms with Crippen LogP contribution in [0.2, 0.25) is 0 Å². The van der Waals surface area contributed by atoms with Gasteiger partial charge in [0.05, 0.1) is 19.3 Å². The first-order valence-corrected chi connectivity index (χ1v) is 7.89. The maximum absolute atomic E-state index is 11.2. The van der Waals surface area contributed by atoms with Gasteiger partial charge in [-0.1, -0.05) is 17.2 Å². The van der Waals surface area contributed by atoms with E-state index >= 15 is 0 Å². The SMILES string of the molecule is CCOC(=O)COC[C@H](Cc1ccc(OC(C)(C)C)cc1)N=[N+]=[N-]. The molecule has 1 rings (SSSR count). The topological polar surface area (TPSA) is 93.5 Å². The summed E-state index contributed by atoms with van der Waals surface area (Å²) >= 11 is 0. The van der Waals surface area contributed by atoms with E-state index in [1.807, 2.05) is 45.0 Å². The molecule has 0 N–H and O–H groups in total. The van der Waals surface area contributed by atoms with Crippen LogP contribution in [-0.4, -0.2) is 37.4 Å². The number of rotatable bonds is 9. The van der Waals surface area contributed by atoms with Crippen molar-refractivity contribution in [2.24, 2.45) is 5.11 Å². The second-order valence-electron chi connectivity index (χ2n) is 6.24. The highest BCUT2D eigenvalue weighted by atomic mass is 16.6. The van der Waals surface area contributed by atoms with Crippen molar-refractivity contribution in [2.45, 2.75) is 45.8 Å². The summed E-state index contributed by atoms with van der Waals surface area (Å²) in [4.78, 5) is 14.1. The Hall–Kier alpha value is -2.24. The van der Waals surface area contributed by atoms with Crippen LogP contribution < -0.4 is 4.74 Å². The molecular weight excluding hydrogens is 310 g/mol. The van der Waals surface area contributed by atoms with Crippen LogP contribution in [0.4, 0.5) is 0 Å². The number of hydrogen-bond donors (Lipinski definition) is 0. The van der Waals surface area contributed by atoms with Crippen molar-refractivity contribution >= 4 is 5.97 Å². The molecule has 0 unspecified atom stereocenters. The monoisotopic (exact) mass is 335 g/mol. The number of esters is 1. The Morgan fingerprint density at radius 2 is 1.96 bits per heavy atom. The quantitative estimate of drug-likeness (QED) is 0.298. The van der Waals surface area contributed by atoms with Crippen molar-refractivity contribution in [2.75, 3.05) is 19.8 Å². The van der Waals surface area contributed by atoms with E-state index < -0.39 is 5.97 Å². The molecule has 0 saturated carbocycles. The summed E-state index contributed by atoms with van der Waals surface area (Å²) in [5.74, 6) is 0.353. The average molecular weight is 335 g/mol. The maximum Gasteiger partial charge on any atom is 0.332 e. The maximum atomic E-state index is 11.2. The normalized spacial score (nSPS) is 12.2. The van der Waals surface area contributed by atoms with Gasteiger partial charge in [-0.05, 0) is 57.3 Å². The first-order valence-electron chi connectivity index (χ1n) is 7.89. The van der Waals surface area contributed by atoms with Crippen LogP contribution in [0.25, 0.3) is 10.4 Å². The Morgan fingerprint density at radius 3 is 2.50 bits per heavy atom. The Kier molecular flexibility index (Phi) is 8.09. The van der Waals surface area contributed by atoms with Crippen LogP contribution in [0.3, 0.4) is 0 Å². The first kappa shape index (κ1) is 19.8. The molecule has 7 heteroatoms. The lowest BCUT2D eigenvalue weighted by molar-refractivity contribution is -0.148. The van der Waals surface area contributed by atoms with Crippen molar-refractivity contribution in [3.63, 3.8) is 0 Å². The summed E-state index contributed by atoms with van der Waals surface area (Å²) in [5, 5.41) is 3.72. The van der Waals surface area contributed by atoms with E-state index in [1.165, 1.54) is 0 Å². The number of carbonyl (C=O) groups excluding carboxylic acids is 1. The molecule has 1 aromatic rings. The molecule has 0 radical (unpaired) electrons. The molecule has 0 aliphatic rings. The van der Waals surface area contributed by atoms with Crippen LogP contribution in [0.15, 0.2) is 29.4 Å². The number of carbonyl (C=O) groups is 1. The smallest absolute Gasteiger partial charge is 0.332 e. The third-order valence-electron chi connectivity index (χ3n) is 2.87. The van der Waals surface area contributed by atoms with Gasteiger partial charge in [-0.15, -0.1) is 0 Å². The molecule has 7 nitrogen and oxygen atoms in total. The fraction of sp³-hybridized carbons (Fsp3) is 0.588. The highest BCUT2D eigenvalue weighted by Gasteiger charge is 2.13. The minimum absolute atomic E-state index is 0.149. The van der Waals surface area contributed by atoms with E-state index in [0.29, 0.717) is 13.0 Å². The van der Waals surface area contributed by atoms with Gasteiger partial charge in [0, 0.05) is 4.91 Å². The zero-order valence-corrected chi connectivity index (χ0v) is 14.7. The first-order chi connectivity index (χ1) is 11.3. The zero-order chi connectivity index (χ0) is 18.0. The lowest BCUT2D eigenvalue weighted by Crippen LogP contribution is -2.23. The molecule has 0 heterocycles.